The molecule has 0 fully saturated rings. The van der Waals surface area contributed by atoms with E-state index in [0.717, 1.165) is 32.3 Å². The molecular weight excluding hydrogens is 359 g/mol. The fourth-order valence-corrected chi connectivity index (χ4v) is 4.62. The molecule has 6 heteroatoms. The van der Waals surface area contributed by atoms with Crippen molar-refractivity contribution in [3.63, 3.8) is 0 Å². The van der Waals surface area contributed by atoms with Crippen LogP contribution in [0.5, 0.6) is 0 Å². The second kappa shape index (κ2) is 15.3. The molecule has 0 radical (unpaired) electrons. The predicted molar refractivity (Wildman–Crippen MR) is 111 cm³/mol. The molecule has 154 valence electrons. The van der Waals surface area contributed by atoms with Crippen molar-refractivity contribution in [3.05, 3.63) is 0 Å². The summed E-state index contributed by atoms with van der Waals surface area (Å²) in [6.07, 6.45) is 8.16. The number of nitrogens with zero attached hydrogens (tertiary/aromatic N) is 2. The Morgan fingerprint density at radius 2 is 1.74 bits per heavy atom. The average molecular weight is 397 g/mol. The molecule has 5 nitrogen and oxygen atoms in total. The molecule has 1 aliphatic carbocycles. The van der Waals surface area contributed by atoms with E-state index in [1.165, 1.54) is 19.3 Å². The predicted octanol–water partition coefficient (Wildman–Crippen LogP) is 5.41. The Morgan fingerprint density at radius 1 is 1.04 bits per heavy atom. The number of rotatable bonds is 13. The van der Waals surface area contributed by atoms with Gasteiger partial charge in [-0.15, -0.1) is 5.92 Å². The van der Waals surface area contributed by atoms with E-state index in [9.17, 15) is 0 Å². The highest BCUT2D eigenvalue weighted by molar-refractivity contribution is 7.44. The summed E-state index contributed by atoms with van der Waals surface area (Å²) in [5.74, 6) is 6.47. The molecule has 0 aliphatic heterocycles. The van der Waals surface area contributed by atoms with Gasteiger partial charge in [-0.1, -0.05) is 12.3 Å². The van der Waals surface area contributed by atoms with Gasteiger partial charge in [-0.05, 0) is 59.8 Å². The highest BCUT2D eigenvalue weighted by Gasteiger charge is 2.26. The first-order valence-corrected chi connectivity index (χ1v) is 11.5. The van der Waals surface area contributed by atoms with Crippen molar-refractivity contribution < 1.29 is 13.8 Å². The largest absolute Gasteiger partial charge is 0.366 e. The van der Waals surface area contributed by atoms with E-state index >= 15 is 0 Å². The van der Waals surface area contributed by atoms with Crippen molar-refractivity contribution in [1.29, 1.82) is 5.26 Å². The Bertz CT molecular complexity index is 474. The molecular formula is C21H37N2O3P. The van der Waals surface area contributed by atoms with Crippen LogP contribution >= 0.6 is 8.53 Å². The first-order chi connectivity index (χ1) is 13.1. The highest BCUT2D eigenvalue weighted by Crippen LogP contribution is 2.46. The average Bonchev–Trinajstić information content (AvgIpc) is 2.58. The smallest absolute Gasteiger partial charge is 0.259 e. The summed E-state index contributed by atoms with van der Waals surface area (Å²) in [6, 6.07) is 2.79. The molecule has 1 aliphatic rings. The SMILES string of the molecule is CC(C)N(C(C)C)P(OCCC#N)OCCCCOC1C#CCCCCC1. The van der Waals surface area contributed by atoms with Gasteiger partial charge in [0.2, 0.25) is 0 Å². The molecule has 0 saturated heterocycles. The maximum atomic E-state index is 8.75. The second-order valence-electron chi connectivity index (χ2n) is 7.37. The number of hydrogen-bond acceptors (Lipinski definition) is 5. The van der Waals surface area contributed by atoms with E-state index < -0.39 is 8.53 Å². The van der Waals surface area contributed by atoms with Gasteiger partial charge < -0.3 is 13.8 Å². The molecule has 0 N–H and O–H groups in total. The van der Waals surface area contributed by atoms with Crippen molar-refractivity contribution in [1.82, 2.24) is 4.67 Å². The fraction of sp³-hybridized carbons (Fsp3) is 0.857. The van der Waals surface area contributed by atoms with Crippen molar-refractivity contribution in [2.45, 2.75) is 97.2 Å². The first kappa shape index (κ1) is 24.4. The number of unbranched alkanes of at least 4 members (excludes halogenated alkanes) is 1. The third-order valence-electron chi connectivity index (χ3n) is 4.25. The van der Waals surface area contributed by atoms with Crippen LogP contribution in [0.25, 0.3) is 0 Å². The summed E-state index contributed by atoms with van der Waals surface area (Å²) in [6.45, 7) is 10.4. The summed E-state index contributed by atoms with van der Waals surface area (Å²) in [4.78, 5) is 0. The molecule has 0 aromatic carbocycles. The van der Waals surface area contributed by atoms with Crippen molar-refractivity contribution in [2.24, 2.45) is 0 Å². The van der Waals surface area contributed by atoms with Crippen LogP contribution in [-0.2, 0) is 13.8 Å². The summed E-state index contributed by atoms with van der Waals surface area (Å²) >= 11 is 0. The summed E-state index contributed by atoms with van der Waals surface area (Å²) in [5.41, 5.74) is 0. The van der Waals surface area contributed by atoms with E-state index in [1.807, 2.05) is 0 Å². The van der Waals surface area contributed by atoms with E-state index in [4.69, 9.17) is 19.0 Å². The molecule has 0 saturated carbocycles. The van der Waals surface area contributed by atoms with Gasteiger partial charge in [0.05, 0.1) is 25.7 Å². The highest BCUT2D eigenvalue weighted by atomic mass is 31.2. The monoisotopic (exact) mass is 396 g/mol. The lowest BCUT2D eigenvalue weighted by atomic mass is 10.1. The molecule has 0 heterocycles. The van der Waals surface area contributed by atoms with Crippen LogP contribution in [0.3, 0.4) is 0 Å². The minimum Gasteiger partial charge on any atom is -0.366 e. The van der Waals surface area contributed by atoms with Crippen molar-refractivity contribution >= 4 is 8.53 Å². The lowest BCUT2D eigenvalue weighted by molar-refractivity contribution is 0.0772. The lowest BCUT2D eigenvalue weighted by Gasteiger charge is -2.35. The molecule has 0 amide bonds. The number of nitriles is 1. The van der Waals surface area contributed by atoms with Gasteiger partial charge in [0.15, 0.2) is 0 Å². The lowest BCUT2D eigenvalue weighted by Crippen LogP contribution is -2.33. The van der Waals surface area contributed by atoms with Crippen LogP contribution in [0.2, 0.25) is 0 Å². The van der Waals surface area contributed by atoms with Crippen molar-refractivity contribution in [2.75, 3.05) is 19.8 Å². The van der Waals surface area contributed by atoms with Crippen LogP contribution in [0, 0.1) is 23.2 Å². The minimum absolute atomic E-state index is 0.107. The molecule has 1 rings (SSSR count). The zero-order valence-corrected chi connectivity index (χ0v) is 18.5. The normalized spacial score (nSPS) is 18.7. The van der Waals surface area contributed by atoms with Gasteiger partial charge in [-0.2, -0.15) is 5.26 Å². The molecule has 2 unspecified atom stereocenters. The minimum atomic E-state index is -1.14. The topological polar surface area (TPSA) is 54.7 Å². The fourth-order valence-electron chi connectivity index (χ4n) is 2.99. The Morgan fingerprint density at radius 3 is 2.44 bits per heavy atom. The van der Waals surface area contributed by atoms with Gasteiger partial charge in [0.25, 0.3) is 8.53 Å². The van der Waals surface area contributed by atoms with E-state index in [-0.39, 0.29) is 6.10 Å². The second-order valence-corrected chi connectivity index (χ2v) is 8.82. The maximum absolute atomic E-state index is 8.75. The first-order valence-electron chi connectivity index (χ1n) is 10.4. The third-order valence-corrected chi connectivity index (χ3v) is 6.36. The van der Waals surface area contributed by atoms with Crippen LogP contribution in [0.1, 0.15) is 79.1 Å². The Kier molecular flexibility index (Phi) is 13.8. The van der Waals surface area contributed by atoms with Crippen molar-refractivity contribution in [3.8, 4) is 17.9 Å². The van der Waals surface area contributed by atoms with Gasteiger partial charge in [0.1, 0.15) is 6.10 Å². The molecule has 0 aromatic rings. The zero-order chi connectivity index (χ0) is 19.9. The van der Waals surface area contributed by atoms with Gasteiger partial charge in [-0.25, -0.2) is 4.67 Å². The molecule has 0 aromatic heterocycles. The standard InChI is InChI=1S/C21H37N2O3P/c1-19(2)23(20(3)4)27(26-18-12-15-22)25-17-11-10-16-24-21-13-8-6-5-7-9-14-21/h19-21H,5-8,10-13,16-18H2,1-4H3. The van der Waals surface area contributed by atoms with Crippen LogP contribution in [0.4, 0.5) is 0 Å². The van der Waals surface area contributed by atoms with Crippen LogP contribution < -0.4 is 0 Å². The Labute approximate surface area is 167 Å². The summed E-state index contributed by atoms with van der Waals surface area (Å²) in [5, 5.41) is 8.75. The Hall–Kier alpha value is -0.680. The number of hydrogen-bond donors (Lipinski definition) is 0. The molecule has 0 bridgehead atoms. The molecule has 2 atom stereocenters. The summed E-state index contributed by atoms with van der Waals surface area (Å²) in [7, 11) is -1.14. The quantitative estimate of drug-likeness (QED) is 0.237. The van der Waals surface area contributed by atoms with E-state index in [0.29, 0.717) is 31.7 Å². The number of ether oxygens (including phenoxy) is 1. The summed E-state index contributed by atoms with van der Waals surface area (Å²) < 4.78 is 20.2. The van der Waals surface area contributed by atoms with Gasteiger partial charge >= 0.3 is 0 Å². The van der Waals surface area contributed by atoms with Crippen LogP contribution in [-0.4, -0.2) is 42.7 Å². The van der Waals surface area contributed by atoms with Crippen LogP contribution in [0.15, 0.2) is 0 Å². The third kappa shape index (κ3) is 11.0. The van der Waals surface area contributed by atoms with Gasteiger partial charge in [0, 0.05) is 25.1 Å². The molecule has 27 heavy (non-hydrogen) atoms. The molecule has 0 spiro atoms. The van der Waals surface area contributed by atoms with Gasteiger partial charge in [-0.3, -0.25) is 0 Å². The van der Waals surface area contributed by atoms with E-state index in [1.54, 1.807) is 0 Å². The Balaban J connectivity index is 2.31. The zero-order valence-electron chi connectivity index (χ0n) is 17.6. The maximum Gasteiger partial charge on any atom is 0.259 e. The van der Waals surface area contributed by atoms with E-state index in [2.05, 4.69) is 50.3 Å².